The number of rotatable bonds is 2. The molecular weight excluding hydrogens is 293 g/mol. The van der Waals surface area contributed by atoms with Gasteiger partial charge >= 0.3 is 0 Å². The summed E-state index contributed by atoms with van der Waals surface area (Å²) in [5, 5.41) is 0.986. The molecule has 0 N–H and O–H groups in total. The van der Waals surface area contributed by atoms with E-state index in [0.29, 0.717) is 0 Å². The number of fused-ring (bicyclic) bond motifs is 1. The van der Waals surface area contributed by atoms with E-state index in [1.165, 1.54) is 10.8 Å². The number of hydrogen-bond donors (Lipinski definition) is 0. The van der Waals surface area contributed by atoms with Gasteiger partial charge in [0.25, 0.3) is 0 Å². The number of aromatic nitrogens is 1. The summed E-state index contributed by atoms with van der Waals surface area (Å²) >= 11 is 1.67. The first-order valence-corrected chi connectivity index (χ1v) is 7.83. The molecule has 4 rings (SSSR count). The van der Waals surface area contributed by atoms with Gasteiger partial charge in [0.15, 0.2) is 0 Å². The van der Waals surface area contributed by atoms with Crippen molar-refractivity contribution in [1.29, 1.82) is 0 Å². The molecule has 0 aliphatic rings. The zero-order chi connectivity index (χ0) is 14.9. The minimum absolute atomic E-state index is 0.220. The van der Waals surface area contributed by atoms with Crippen LogP contribution in [0.15, 0.2) is 72.8 Å². The van der Waals surface area contributed by atoms with Gasteiger partial charge in [-0.2, -0.15) is 0 Å². The van der Waals surface area contributed by atoms with Gasteiger partial charge in [-0.1, -0.05) is 42.5 Å². The second kappa shape index (κ2) is 5.35. The van der Waals surface area contributed by atoms with Crippen molar-refractivity contribution in [1.82, 2.24) is 4.98 Å². The van der Waals surface area contributed by atoms with Gasteiger partial charge in [-0.25, -0.2) is 9.37 Å². The van der Waals surface area contributed by atoms with Crippen molar-refractivity contribution in [3.8, 4) is 21.7 Å². The first-order chi connectivity index (χ1) is 10.8. The molecule has 0 saturated carbocycles. The van der Waals surface area contributed by atoms with Gasteiger partial charge in [0, 0.05) is 5.56 Å². The zero-order valence-electron chi connectivity index (χ0n) is 11.7. The molecule has 3 aromatic carbocycles. The third-order valence-electron chi connectivity index (χ3n) is 3.56. The van der Waals surface area contributed by atoms with E-state index in [1.807, 2.05) is 42.5 Å². The molecule has 0 spiro atoms. The molecule has 0 aliphatic carbocycles. The normalized spacial score (nSPS) is 11.0. The lowest BCUT2D eigenvalue weighted by molar-refractivity contribution is 0.628. The SMILES string of the molecule is Fc1cccc(-c2cccc(-c3nc4ccccc4s3)c2)c1. The van der Waals surface area contributed by atoms with Crippen molar-refractivity contribution in [3.05, 3.63) is 78.6 Å². The lowest BCUT2D eigenvalue weighted by Crippen LogP contribution is -1.82. The van der Waals surface area contributed by atoms with Crippen LogP contribution >= 0.6 is 11.3 Å². The van der Waals surface area contributed by atoms with Crippen molar-refractivity contribution >= 4 is 21.6 Å². The predicted molar refractivity (Wildman–Crippen MR) is 90.5 cm³/mol. The highest BCUT2D eigenvalue weighted by Crippen LogP contribution is 2.32. The summed E-state index contributed by atoms with van der Waals surface area (Å²) in [4.78, 5) is 4.68. The van der Waals surface area contributed by atoms with Crippen LogP contribution in [0.5, 0.6) is 0 Å². The smallest absolute Gasteiger partial charge is 0.124 e. The average Bonchev–Trinajstić information content (AvgIpc) is 2.99. The first-order valence-electron chi connectivity index (χ1n) is 7.01. The van der Waals surface area contributed by atoms with Gasteiger partial charge in [-0.3, -0.25) is 0 Å². The number of nitrogens with zero attached hydrogens (tertiary/aromatic N) is 1. The molecule has 1 heterocycles. The summed E-state index contributed by atoms with van der Waals surface area (Å²) in [5.74, 6) is -0.220. The maximum atomic E-state index is 13.4. The first kappa shape index (κ1) is 13.2. The van der Waals surface area contributed by atoms with Crippen molar-refractivity contribution in [2.75, 3.05) is 0 Å². The van der Waals surface area contributed by atoms with Gasteiger partial charge in [0.05, 0.1) is 10.2 Å². The molecule has 4 aromatic rings. The molecule has 0 radical (unpaired) electrons. The number of thiazole rings is 1. The van der Waals surface area contributed by atoms with E-state index in [-0.39, 0.29) is 5.82 Å². The van der Waals surface area contributed by atoms with E-state index in [1.54, 1.807) is 23.5 Å². The van der Waals surface area contributed by atoms with Gasteiger partial charge in [-0.15, -0.1) is 11.3 Å². The van der Waals surface area contributed by atoms with Crippen LogP contribution in [-0.2, 0) is 0 Å². The lowest BCUT2D eigenvalue weighted by Gasteiger charge is -2.04. The Balaban J connectivity index is 1.81. The highest BCUT2D eigenvalue weighted by molar-refractivity contribution is 7.21. The summed E-state index contributed by atoms with van der Waals surface area (Å²) in [6, 6.07) is 22.9. The van der Waals surface area contributed by atoms with Crippen LogP contribution in [0.4, 0.5) is 4.39 Å². The van der Waals surface area contributed by atoms with Gasteiger partial charge in [0.1, 0.15) is 10.8 Å². The largest absolute Gasteiger partial charge is 0.236 e. The fourth-order valence-corrected chi connectivity index (χ4v) is 3.46. The standard InChI is InChI=1S/C19H12FNS/c20-16-8-4-6-14(12-16)13-5-3-7-15(11-13)19-21-17-9-1-2-10-18(17)22-19/h1-12H. The molecule has 1 aromatic heterocycles. The van der Waals surface area contributed by atoms with Crippen LogP contribution in [-0.4, -0.2) is 4.98 Å². The highest BCUT2D eigenvalue weighted by Gasteiger charge is 2.07. The predicted octanol–water partition coefficient (Wildman–Crippen LogP) is 5.77. The van der Waals surface area contributed by atoms with E-state index in [4.69, 9.17) is 0 Å². The fraction of sp³-hybridized carbons (Fsp3) is 0. The van der Waals surface area contributed by atoms with Gasteiger partial charge in [-0.05, 0) is 41.5 Å². The number of hydrogen-bond acceptors (Lipinski definition) is 2. The summed E-state index contributed by atoms with van der Waals surface area (Å²) in [7, 11) is 0. The van der Waals surface area contributed by atoms with Gasteiger partial charge in [0.2, 0.25) is 0 Å². The molecule has 22 heavy (non-hydrogen) atoms. The Morgan fingerprint density at radius 2 is 1.45 bits per heavy atom. The Bertz CT molecular complexity index is 925. The zero-order valence-corrected chi connectivity index (χ0v) is 12.5. The van der Waals surface area contributed by atoms with Gasteiger partial charge < -0.3 is 0 Å². The van der Waals surface area contributed by atoms with Crippen LogP contribution in [0.3, 0.4) is 0 Å². The number of benzene rings is 3. The summed E-state index contributed by atoms with van der Waals surface area (Å²) in [6.45, 7) is 0. The van der Waals surface area contributed by atoms with Crippen molar-refractivity contribution < 1.29 is 4.39 Å². The second-order valence-electron chi connectivity index (χ2n) is 5.08. The van der Waals surface area contributed by atoms with Crippen molar-refractivity contribution in [3.63, 3.8) is 0 Å². The molecule has 0 unspecified atom stereocenters. The van der Waals surface area contributed by atoms with Crippen LogP contribution in [0, 0.1) is 5.82 Å². The molecule has 0 saturated heterocycles. The Morgan fingerprint density at radius 3 is 2.27 bits per heavy atom. The topological polar surface area (TPSA) is 12.9 Å². The van der Waals surface area contributed by atoms with Crippen LogP contribution < -0.4 is 0 Å². The van der Waals surface area contributed by atoms with E-state index in [9.17, 15) is 4.39 Å². The second-order valence-corrected chi connectivity index (χ2v) is 6.11. The quantitative estimate of drug-likeness (QED) is 0.458. The molecule has 0 amide bonds. The molecule has 1 nitrogen and oxygen atoms in total. The molecule has 106 valence electrons. The summed E-state index contributed by atoms with van der Waals surface area (Å²) in [6.07, 6.45) is 0. The molecule has 0 bridgehead atoms. The van der Waals surface area contributed by atoms with E-state index < -0.39 is 0 Å². The van der Waals surface area contributed by atoms with Crippen LogP contribution in [0.2, 0.25) is 0 Å². The molecule has 0 atom stereocenters. The number of para-hydroxylation sites is 1. The van der Waals surface area contributed by atoms with Crippen molar-refractivity contribution in [2.24, 2.45) is 0 Å². The third kappa shape index (κ3) is 2.40. The molecular formula is C19H12FNS. The summed E-state index contributed by atoms with van der Waals surface area (Å²) < 4.78 is 14.6. The van der Waals surface area contributed by atoms with Crippen LogP contribution in [0.25, 0.3) is 31.9 Å². The van der Waals surface area contributed by atoms with Crippen LogP contribution in [0.1, 0.15) is 0 Å². The minimum atomic E-state index is -0.220. The Labute approximate surface area is 131 Å². The Hall–Kier alpha value is -2.52. The maximum Gasteiger partial charge on any atom is 0.124 e. The van der Waals surface area contributed by atoms with E-state index >= 15 is 0 Å². The maximum absolute atomic E-state index is 13.4. The Kier molecular flexibility index (Phi) is 3.20. The van der Waals surface area contributed by atoms with E-state index in [2.05, 4.69) is 17.1 Å². The molecule has 3 heteroatoms. The number of halogens is 1. The Morgan fingerprint density at radius 1 is 0.727 bits per heavy atom. The summed E-state index contributed by atoms with van der Waals surface area (Å²) in [5.41, 5.74) is 3.95. The third-order valence-corrected chi connectivity index (χ3v) is 4.65. The molecule has 0 aliphatic heterocycles. The minimum Gasteiger partial charge on any atom is -0.236 e. The molecule has 0 fully saturated rings. The highest BCUT2D eigenvalue weighted by atomic mass is 32.1. The lowest BCUT2D eigenvalue weighted by atomic mass is 10.0. The fourth-order valence-electron chi connectivity index (χ4n) is 2.50. The van der Waals surface area contributed by atoms with E-state index in [0.717, 1.165) is 27.2 Å². The van der Waals surface area contributed by atoms with Crippen molar-refractivity contribution in [2.45, 2.75) is 0 Å². The average molecular weight is 305 g/mol. The monoisotopic (exact) mass is 305 g/mol.